The first-order chi connectivity index (χ1) is 10.2. The summed E-state index contributed by atoms with van der Waals surface area (Å²) in [7, 11) is 2.12. The zero-order valence-corrected chi connectivity index (χ0v) is 13.1. The third-order valence-corrected chi connectivity index (χ3v) is 4.76. The fourth-order valence-corrected chi connectivity index (χ4v) is 3.28. The Labute approximate surface area is 127 Å². The summed E-state index contributed by atoms with van der Waals surface area (Å²) in [6, 6.07) is 0. The maximum absolute atomic E-state index is 12.8. The monoisotopic (exact) mass is 296 g/mol. The molecule has 0 unspecified atom stereocenters. The lowest BCUT2D eigenvalue weighted by atomic mass is 10.00. The van der Waals surface area contributed by atoms with Gasteiger partial charge < -0.3 is 19.3 Å². The Morgan fingerprint density at radius 2 is 2.10 bits per heavy atom. The van der Waals surface area contributed by atoms with E-state index >= 15 is 0 Å². The number of likely N-dealkylation sites (N-methyl/N-ethyl adjacent to an activating group) is 1. The van der Waals surface area contributed by atoms with E-state index in [0.717, 1.165) is 58.2 Å². The van der Waals surface area contributed by atoms with Crippen molar-refractivity contribution in [2.75, 3.05) is 53.0 Å². The topological polar surface area (TPSA) is 42.0 Å². The van der Waals surface area contributed by atoms with Crippen molar-refractivity contribution < 1.29 is 14.3 Å². The van der Waals surface area contributed by atoms with Crippen LogP contribution in [-0.2, 0) is 14.3 Å². The highest BCUT2D eigenvalue weighted by atomic mass is 16.5. The Morgan fingerprint density at radius 3 is 2.76 bits per heavy atom. The highest BCUT2D eigenvalue weighted by molar-refractivity contribution is 5.79. The van der Waals surface area contributed by atoms with Crippen molar-refractivity contribution in [1.82, 2.24) is 9.80 Å². The molecule has 2 atom stereocenters. The van der Waals surface area contributed by atoms with Crippen molar-refractivity contribution in [2.45, 2.75) is 31.8 Å². The minimum atomic E-state index is 0.0684. The van der Waals surface area contributed by atoms with Gasteiger partial charge in [0.15, 0.2) is 0 Å². The largest absolute Gasteiger partial charge is 0.381 e. The molecule has 3 aliphatic rings. The van der Waals surface area contributed by atoms with Gasteiger partial charge in [-0.1, -0.05) is 0 Å². The van der Waals surface area contributed by atoms with E-state index in [1.54, 1.807) is 0 Å². The SMILES string of the molecule is CN1CCO[C@H](CN(CC2CC2)C(=O)[C@H]2CCCOC2)C1. The molecule has 0 aromatic carbocycles. The zero-order valence-electron chi connectivity index (χ0n) is 13.1. The van der Waals surface area contributed by atoms with Crippen LogP contribution in [-0.4, -0.2) is 74.9 Å². The van der Waals surface area contributed by atoms with Gasteiger partial charge in [0, 0.05) is 32.8 Å². The first-order valence-corrected chi connectivity index (χ1v) is 8.39. The molecule has 5 heteroatoms. The molecule has 0 radical (unpaired) electrons. The number of morpholine rings is 1. The Morgan fingerprint density at radius 1 is 1.24 bits per heavy atom. The molecular formula is C16H28N2O3. The average Bonchev–Trinajstić information content (AvgIpc) is 3.31. The van der Waals surface area contributed by atoms with Crippen LogP contribution in [0.25, 0.3) is 0 Å². The summed E-state index contributed by atoms with van der Waals surface area (Å²) < 4.78 is 11.3. The van der Waals surface area contributed by atoms with Crippen LogP contribution < -0.4 is 0 Å². The van der Waals surface area contributed by atoms with E-state index in [1.807, 2.05) is 0 Å². The smallest absolute Gasteiger partial charge is 0.228 e. The Bertz CT molecular complexity index is 353. The van der Waals surface area contributed by atoms with Crippen LogP contribution in [0.2, 0.25) is 0 Å². The van der Waals surface area contributed by atoms with Gasteiger partial charge >= 0.3 is 0 Å². The van der Waals surface area contributed by atoms with Gasteiger partial charge in [-0.05, 0) is 38.6 Å². The summed E-state index contributed by atoms with van der Waals surface area (Å²) >= 11 is 0. The lowest BCUT2D eigenvalue weighted by Gasteiger charge is -2.36. The Hall–Kier alpha value is -0.650. The zero-order chi connectivity index (χ0) is 14.7. The van der Waals surface area contributed by atoms with Crippen molar-refractivity contribution >= 4 is 5.91 Å². The van der Waals surface area contributed by atoms with E-state index in [-0.39, 0.29) is 12.0 Å². The summed E-state index contributed by atoms with van der Waals surface area (Å²) in [5, 5.41) is 0. The van der Waals surface area contributed by atoms with Crippen LogP contribution >= 0.6 is 0 Å². The van der Waals surface area contributed by atoms with Gasteiger partial charge in [-0.2, -0.15) is 0 Å². The quantitative estimate of drug-likeness (QED) is 0.758. The fraction of sp³-hybridized carbons (Fsp3) is 0.938. The molecule has 0 aromatic rings. The summed E-state index contributed by atoms with van der Waals surface area (Å²) in [6.07, 6.45) is 4.70. The summed E-state index contributed by atoms with van der Waals surface area (Å²) in [5.74, 6) is 1.08. The molecule has 1 saturated carbocycles. The van der Waals surface area contributed by atoms with Crippen LogP contribution in [0.3, 0.4) is 0 Å². The number of hydrogen-bond donors (Lipinski definition) is 0. The second kappa shape index (κ2) is 7.07. The maximum Gasteiger partial charge on any atom is 0.228 e. The number of rotatable bonds is 5. The number of carbonyl (C=O) groups excluding carboxylic acids is 1. The predicted octanol–water partition coefficient (Wildman–Crippen LogP) is 0.982. The molecule has 3 rings (SSSR count). The van der Waals surface area contributed by atoms with Crippen molar-refractivity contribution in [3.8, 4) is 0 Å². The van der Waals surface area contributed by atoms with Gasteiger partial charge in [0.1, 0.15) is 0 Å². The van der Waals surface area contributed by atoms with Crippen molar-refractivity contribution in [3.63, 3.8) is 0 Å². The van der Waals surface area contributed by atoms with Gasteiger partial charge in [-0.15, -0.1) is 0 Å². The molecule has 1 amide bonds. The number of hydrogen-bond acceptors (Lipinski definition) is 4. The first kappa shape index (κ1) is 15.3. The number of ether oxygens (including phenoxy) is 2. The van der Waals surface area contributed by atoms with Gasteiger partial charge in [0.25, 0.3) is 0 Å². The standard InChI is InChI=1S/C16H28N2O3/c1-17-6-8-21-15(10-17)11-18(9-13-4-5-13)16(19)14-3-2-7-20-12-14/h13-15H,2-12H2,1H3/t14-,15-/m0/s1. The van der Waals surface area contributed by atoms with Crippen LogP contribution in [0, 0.1) is 11.8 Å². The molecule has 0 spiro atoms. The van der Waals surface area contributed by atoms with E-state index in [1.165, 1.54) is 12.8 Å². The molecule has 3 fully saturated rings. The molecule has 2 heterocycles. The van der Waals surface area contributed by atoms with Gasteiger partial charge in [-0.3, -0.25) is 4.79 Å². The van der Waals surface area contributed by atoms with E-state index in [0.29, 0.717) is 12.5 Å². The summed E-state index contributed by atoms with van der Waals surface area (Å²) in [5.41, 5.74) is 0. The van der Waals surface area contributed by atoms with Crippen LogP contribution in [0.5, 0.6) is 0 Å². The molecule has 21 heavy (non-hydrogen) atoms. The van der Waals surface area contributed by atoms with Crippen molar-refractivity contribution in [3.05, 3.63) is 0 Å². The van der Waals surface area contributed by atoms with E-state index in [9.17, 15) is 4.79 Å². The first-order valence-electron chi connectivity index (χ1n) is 8.39. The molecule has 0 aromatic heterocycles. The Balaban J connectivity index is 1.57. The summed E-state index contributed by atoms with van der Waals surface area (Å²) in [6.45, 7) is 5.77. The maximum atomic E-state index is 12.8. The van der Waals surface area contributed by atoms with Crippen LogP contribution in [0.1, 0.15) is 25.7 Å². The van der Waals surface area contributed by atoms with Gasteiger partial charge in [0.2, 0.25) is 5.91 Å². The summed E-state index contributed by atoms with van der Waals surface area (Å²) in [4.78, 5) is 17.2. The molecule has 0 N–H and O–H groups in total. The number of amides is 1. The van der Waals surface area contributed by atoms with Crippen LogP contribution in [0.4, 0.5) is 0 Å². The molecular weight excluding hydrogens is 268 g/mol. The highest BCUT2D eigenvalue weighted by Gasteiger charge is 2.33. The molecule has 0 bridgehead atoms. The predicted molar refractivity (Wildman–Crippen MR) is 80.1 cm³/mol. The molecule has 2 saturated heterocycles. The van der Waals surface area contributed by atoms with Crippen LogP contribution in [0.15, 0.2) is 0 Å². The second-order valence-corrected chi connectivity index (χ2v) is 6.86. The minimum Gasteiger partial charge on any atom is -0.381 e. The number of carbonyl (C=O) groups is 1. The van der Waals surface area contributed by atoms with E-state index in [2.05, 4.69) is 16.8 Å². The molecule has 2 aliphatic heterocycles. The van der Waals surface area contributed by atoms with E-state index in [4.69, 9.17) is 9.47 Å². The van der Waals surface area contributed by atoms with Crippen molar-refractivity contribution in [1.29, 1.82) is 0 Å². The normalized spacial score (nSPS) is 31.1. The average molecular weight is 296 g/mol. The Kier molecular flexibility index (Phi) is 5.14. The molecule has 120 valence electrons. The minimum absolute atomic E-state index is 0.0684. The van der Waals surface area contributed by atoms with Gasteiger partial charge in [0.05, 0.1) is 25.2 Å². The molecule has 5 nitrogen and oxygen atoms in total. The van der Waals surface area contributed by atoms with Crippen molar-refractivity contribution in [2.24, 2.45) is 11.8 Å². The van der Waals surface area contributed by atoms with E-state index < -0.39 is 0 Å². The third kappa shape index (κ3) is 4.41. The number of nitrogens with zero attached hydrogens (tertiary/aromatic N) is 2. The molecule has 1 aliphatic carbocycles. The lowest BCUT2D eigenvalue weighted by molar-refractivity contribution is -0.143. The second-order valence-electron chi connectivity index (χ2n) is 6.86. The third-order valence-electron chi connectivity index (χ3n) is 4.76. The lowest BCUT2D eigenvalue weighted by Crippen LogP contribution is -2.50. The highest BCUT2D eigenvalue weighted by Crippen LogP contribution is 2.31. The fourth-order valence-electron chi connectivity index (χ4n) is 3.28. The van der Waals surface area contributed by atoms with Gasteiger partial charge in [-0.25, -0.2) is 0 Å².